The van der Waals surface area contributed by atoms with Crippen molar-refractivity contribution in [2.75, 3.05) is 5.32 Å². The van der Waals surface area contributed by atoms with Gasteiger partial charge in [-0.3, -0.25) is 4.40 Å². The van der Waals surface area contributed by atoms with Crippen molar-refractivity contribution in [1.82, 2.24) is 9.38 Å². The molecule has 3 rings (SSSR count). The minimum absolute atomic E-state index is 0.0134. The molecule has 0 saturated carbocycles. The van der Waals surface area contributed by atoms with Crippen molar-refractivity contribution in [3.63, 3.8) is 0 Å². The third-order valence-corrected chi connectivity index (χ3v) is 4.19. The van der Waals surface area contributed by atoms with Crippen LogP contribution in [0, 0.1) is 0 Å². The third kappa shape index (κ3) is 3.41. The summed E-state index contributed by atoms with van der Waals surface area (Å²) in [6, 6.07) is 8.02. The molecule has 0 aliphatic heterocycles. The summed E-state index contributed by atoms with van der Waals surface area (Å²) in [5, 5.41) is 3.72. The number of furan rings is 1. The molecule has 0 fully saturated rings. The number of nitrogens with zero attached hydrogens (tertiary/aromatic N) is 2. The average molecular weight is 311 g/mol. The van der Waals surface area contributed by atoms with E-state index in [0.29, 0.717) is 0 Å². The Morgan fingerprint density at radius 1 is 1.22 bits per heavy atom. The second-order valence-corrected chi connectivity index (χ2v) is 6.72. The predicted molar refractivity (Wildman–Crippen MR) is 94.7 cm³/mol. The molecule has 4 nitrogen and oxygen atoms in total. The molecule has 122 valence electrons. The first-order chi connectivity index (χ1) is 11.1. The maximum atomic E-state index is 5.25. The number of unbranched alkanes of at least 4 members (excludes halogenated alkanes) is 2. The Kier molecular flexibility index (Phi) is 4.42. The standard InChI is InChI=1S/C19H25N3O/c1-4-5-7-11-19(2,3)21-18-17(15-10-13-23-14-15)20-16-9-6-8-12-22(16)18/h6,8-10,12-14,21H,4-5,7,11H2,1-3H3. The van der Waals surface area contributed by atoms with Crippen molar-refractivity contribution in [3.05, 3.63) is 43.0 Å². The Morgan fingerprint density at radius 3 is 2.83 bits per heavy atom. The van der Waals surface area contributed by atoms with Crippen LogP contribution in [-0.2, 0) is 0 Å². The van der Waals surface area contributed by atoms with Gasteiger partial charge in [-0.15, -0.1) is 0 Å². The predicted octanol–water partition coefficient (Wildman–Crippen LogP) is 5.37. The van der Waals surface area contributed by atoms with Gasteiger partial charge in [-0.2, -0.15) is 0 Å². The molecule has 23 heavy (non-hydrogen) atoms. The minimum atomic E-state index is 0.0134. The van der Waals surface area contributed by atoms with Crippen LogP contribution in [0.25, 0.3) is 16.9 Å². The highest BCUT2D eigenvalue weighted by molar-refractivity contribution is 5.76. The Bertz CT molecular complexity index is 756. The summed E-state index contributed by atoms with van der Waals surface area (Å²) in [5.74, 6) is 1.03. The zero-order valence-electron chi connectivity index (χ0n) is 14.2. The quantitative estimate of drug-likeness (QED) is 0.597. The van der Waals surface area contributed by atoms with Crippen molar-refractivity contribution in [1.29, 1.82) is 0 Å². The van der Waals surface area contributed by atoms with E-state index in [2.05, 4.69) is 36.7 Å². The molecule has 4 heteroatoms. The fraction of sp³-hybridized carbons (Fsp3) is 0.421. The topological polar surface area (TPSA) is 42.5 Å². The molecular formula is C19H25N3O. The van der Waals surface area contributed by atoms with E-state index >= 15 is 0 Å². The van der Waals surface area contributed by atoms with Gasteiger partial charge in [0.25, 0.3) is 0 Å². The van der Waals surface area contributed by atoms with Crippen LogP contribution in [0.3, 0.4) is 0 Å². The highest BCUT2D eigenvalue weighted by atomic mass is 16.3. The van der Waals surface area contributed by atoms with Crippen LogP contribution >= 0.6 is 0 Å². The third-order valence-electron chi connectivity index (χ3n) is 4.19. The van der Waals surface area contributed by atoms with Gasteiger partial charge in [-0.05, 0) is 38.5 Å². The maximum Gasteiger partial charge on any atom is 0.139 e. The summed E-state index contributed by atoms with van der Waals surface area (Å²) in [6.45, 7) is 6.75. The highest BCUT2D eigenvalue weighted by Gasteiger charge is 2.22. The second kappa shape index (κ2) is 6.49. The van der Waals surface area contributed by atoms with Crippen molar-refractivity contribution in [3.8, 4) is 11.3 Å². The summed E-state index contributed by atoms with van der Waals surface area (Å²) in [4.78, 5) is 4.78. The van der Waals surface area contributed by atoms with E-state index in [1.165, 1.54) is 19.3 Å². The molecule has 0 aliphatic carbocycles. The van der Waals surface area contributed by atoms with E-state index in [9.17, 15) is 0 Å². The van der Waals surface area contributed by atoms with Gasteiger partial charge in [0.05, 0.1) is 12.5 Å². The Labute approximate surface area is 137 Å². The van der Waals surface area contributed by atoms with E-state index in [1.807, 2.05) is 24.3 Å². The van der Waals surface area contributed by atoms with E-state index in [0.717, 1.165) is 29.1 Å². The lowest BCUT2D eigenvalue weighted by Gasteiger charge is -2.27. The van der Waals surface area contributed by atoms with Crippen LogP contribution in [0.1, 0.15) is 46.5 Å². The lowest BCUT2D eigenvalue weighted by atomic mass is 9.96. The fourth-order valence-electron chi connectivity index (χ4n) is 2.92. The van der Waals surface area contributed by atoms with Gasteiger partial charge in [0.1, 0.15) is 17.2 Å². The highest BCUT2D eigenvalue weighted by Crippen LogP contribution is 2.32. The lowest BCUT2D eigenvalue weighted by Crippen LogP contribution is -2.31. The first kappa shape index (κ1) is 15.7. The van der Waals surface area contributed by atoms with E-state index in [4.69, 9.17) is 9.40 Å². The number of anilines is 1. The smallest absolute Gasteiger partial charge is 0.139 e. The van der Waals surface area contributed by atoms with Gasteiger partial charge in [-0.1, -0.05) is 32.3 Å². The van der Waals surface area contributed by atoms with Crippen molar-refractivity contribution in [2.24, 2.45) is 0 Å². The van der Waals surface area contributed by atoms with Crippen LogP contribution in [0.2, 0.25) is 0 Å². The SMILES string of the molecule is CCCCCC(C)(C)Nc1c(-c2ccoc2)nc2ccccn12. The summed E-state index contributed by atoms with van der Waals surface area (Å²) >= 11 is 0. The number of imidazole rings is 1. The molecule has 1 N–H and O–H groups in total. The largest absolute Gasteiger partial charge is 0.472 e. The van der Waals surface area contributed by atoms with E-state index in [-0.39, 0.29) is 5.54 Å². The lowest BCUT2D eigenvalue weighted by molar-refractivity contribution is 0.482. The molecule has 0 spiro atoms. The van der Waals surface area contributed by atoms with Gasteiger partial charge < -0.3 is 9.73 Å². The molecule has 0 atom stereocenters. The monoisotopic (exact) mass is 311 g/mol. The molecule has 0 saturated heterocycles. The maximum absolute atomic E-state index is 5.25. The normalized spacial score (nSPS) is 12.0. The molecule has 0 amide bonds. The van der Waals surface area contributed by atoms with Crippen molar-refractivity contribution in [2.45, 2.75) is 52.0 Å². The van der Waals surface area contributed by atoms with E-state index < -0.39 is 0 Å². The minimum Gasteiger partial charge on any atom is -0.472 e. The molecule has 0 unspecified atom stereocenters. The number of fused-ring (bicyclic) bond motifs is 1. The molecule has 0 aliphatic rings. The first-order valence-corrected chi connectivity index (χ1v) is 8.38. The first-order valence-electron chi connectivity index (χ1n) is 8.38. The van der Waals surface area contributed by atoms with Crippen LogP contribution in [0.5, 0.6) is 0 Å². The number of rotatable bonds is 7. The number of pyridine rings is 1. The Morgan fingerprint density at radius 2 is 2.09 bits per heavy atom. The summed E-state index contributed by atoms with van der Waals surface area (Å²) in [5.41, 5.74) is 2.89. The van der Waals surface area contributed by atoms with Gasteiger partial charge in [0.2, 0.25) is 0 Å². The molecule has 0 radical (unpaired) electrons. The zero-order chi connectivity index (χ0) is 16.3. The van der Waals surface area contributed by atoms with Crippen LogP contribution in [0.4, 0.5) is 5.82 Å². The van der Waals surface area contributed by atoms with Crippen molar-refractivity contribution < 1.29 is 4.42 Å². The second-order valence-electron chi connectivity index (χ2n) is 6.72. The average Bonchev–Trinajstić information content (AvgIpc) is 3.15. The summed E-state index contributed by atoms with van der Waals surface area (Å²) in [6.07, 6.45) is 10.4. The molecule has 3 heterocycles. The zero-order valence-corrected chi connectivity index (χ0v) is 14.2. The Balaban J connectivity index is 1.96. The van der Waals surface area contributed by atoms with Crippen molar-refractivity contribution >= 4 is 11.5 Å². The van der Waals surface area contributed by atoms with Crippen LogP contribution < -0.4 is 5.32 Å². The van der Waals surface area contributed by atoms with Gasteiger partial charge in [0, 0.05) is 17.3 Å². The van der Waals surface area contributed by atoms with Crippen LogP contribution in [0.15, 0.2) is 47.4 Å². The van der Waals surface area contributed by atoms with E-state index in [1.54, 1.807) is 12.5 Å². The van der Waals surface area contributed by atoms with Gasteiger partial charge in [0.15, 0.2) is 0 Å². The molecule has 0 bridgehead atoms. The number of hydrogen-bond acceptors (Lipinski definition) is 3. The molecular weight excluding hydrogens is 286 g/mol. The number of aromatic nitrogens is 2. The molecule has 3 aromatic rings. The number of nitrogens with one attached hydrogen (secondary N) is 1. The van der Waals surface area contributed by atoms with Gasteiger partial charge >= 0.3 is 0 Å². The Hall–Kier alpha value is -2.23. The summed E-state index contributed by atoms with van der Waals surface area (Å²) in [7, 11) is 0. The molecule has 3 aromatic heterocycles. The van der Waals surface area contributed by atoms with Crippen LogP contribution in [-0.4, -0.2) is 14.9 Å². The van der Waals surface area contributed by atoms with Gasteiger partial charge in [-0.25, -0.2) is 4.98 Å². The number of hydrogen-bond donors (Lipinski definition) is 1. The summed E-state index contributed by atoms with van der Waals surface area (Å²) < 4.78 is 7.37. The molecule has 0 aromatic carbocycles. The fourth-order valence-corrected chi connectivity index (χ4v) is 2.92.